The largest absolute Gasteiger partial charge is 0.439 e. The zero-order chi connectivity index (χ0) is 33.7. The van der Waals surface area contributed by atoms with Crippen LogP contribution >= 0.6 is 0 Å². The molecule has 0 unspecified atom stereocenters. The summed E-state index contributed by atoms with van der Waals surface area (Å²) in [5.41, 5.74) is 2.90. The van der Waals surface area contributed by atoms with Crippen molar-refractivity contribution in [1.29, 1.82) is 0 Å². The van der Waals surface area contributed by atoms with Gasteiger partial charge in [-0.3, -0.25) is 14.8 Å². The first-order valence-electron chi connectivity index (χ1n) is 16.0. The van der Waals surface area contributed by atoms with Crippen LogP contribution in [-0.4, -0.2) is 72.0 Å². The first-order valence-corrected chi connectivity index (χ1v) is 17.5. The molecule has 252 valence electrons. The molecule has 4 aromatic rings. The van der Waals surface area contributed by atoms with Gasteiger partial charge in [0.2, 0.25) is 15.9 Å². The van der Waals surface area contributed by atoms with Crippen LogP contribution in [0, 0.1) is 12.7 Å². The summed E-state index contributed by atoms with van der Waals surface area (Å²) in [5.74, 6) is 0.416. The summed E-state index contributed by atoms with van der Waals surface area (Å²) in [6.45, 7) is 4.34. The van der Waals surface area contributed by atoms with E-state index in [1.165, 1.54) is 28.6 Å². The van der Waals surface area contributed by atoms with Crippen molar-refractivity contribution in [2.45, 2.75) is 56.3 Å². The van der Waals surface area contributed by atoms with E-state index in [4.69, 9.17) is 4.74 Å². The fourth-order valence-corrected chi connectivity index (χ4v) is 7.49. The maximum atomic E-state index is 14.2. The average Bonchev–Trinajstić information content (AvgIpc) is 3.08. The Bertz CT molecular complexity index is 1790. The minimum atomic E-state index is -3.69. The highest BCUT2D eigenvalue weighted by Gasteiger charge is 2.31. The van der Waals surface area contributed by atoms with Crippen LogP contribution in [0.25, 0.3) is 0 Å². The van der Waals surface area contributed by atoms with Crippen molar-refractivity contribution in [3.8, 4) is 11.6 Å². The van der Waals surface area contributed by atoms with Crippen molar-refractivity contribution in [2.24, 2.45) is 0 Å². The number of benzene rings is 2. The first-order chi connectivity index (χ1) is 23.1. The Kier molecular flexibility index (Phi) is 10.3. The smallest absolute Gasteiger partial charge is 0.326 e. The molecule has 2 saturated heterocycles. The summed E-state index contributed by atoms with van der Waals surface area (Å²) in [5, 5.41) is 2.91. The van der Waals surface area contributed by atoms with Gasteiger partial charge in [0, 0.05) is 62.4 Å². The van der Waals surface area contributed by atoms with Crippen LogP contribution in [0.2, 0.25) is 0 Å². The lowest BCUT2D eigenvalue weighted by Crippen LogP contribution is -2.49. The number of nitrogens with one attached hydrogen (secondary N) is 1. The summed E-state index contributed by atoms with van der Waals surface area (Å²) < 4.78 is 60.7. The Morgan fingerprint density at radius 3 is 2.33 bits per heavy atom. The van der Waals surface area contributed by atoms with E-state index in [0.29, 0.717) is 42.4 Å². The normalized spacial score (nSPS) is 16.8. The Balaban J connectivity index is 1.03. The molecule has 0 aliphatic carbocycles. The third-order valence-corrected chi connectivity index (χ3v) is 10.6. The highest BCUT2D eigenvalue weighted by Crippen LogP contribution is 2.28. The summed E-state index contributed by atoms with van der Waals surface area (Å²) in [6.07, 6.45) is 4.22. The highest BCUT2D eigenvalue weighted by molar-refractivity contribution is 7.89. The van der Waals surface area contributed by atoms with Crippen molar-refractivity contribution >= 4 is 27.4 Å². The molecule has 2 aromatic heterocycles. The van der Waals surface area contributed by atoms with E-state index < -0.39 is 22.0 Å². The highest BCUT2D eigenvalue weighted by atomic mass is 32.2. The van der Waals surface area contributed by atoms with E-state index in [2.05, 4.69) is 20.2 Å². The molecule has 0 bridgehead atoms. The molecule has 2 amide bonds. The molecule has 2 aliphatic rings. The number of pyridine rings is 2. The molecule has 2 aromatic carbocycles. The van der Waals surface area contributed by atoms with Gasteiger partial charge in [0.1, 0.15) is 17.7 Å². The molecule has 1 N–H and O–H groups in total. The Hall–Kier alpha value is -4.46. The number of alkyl halides is 1. The number of sulfonamides is 1. The number of aromatic nitrogens is 2. The number of hydrogen-bond donors (Lipinski definition) is 1. The molecular weight excluding hydrogens is 638 g/mol. The number of carbonyl (C=O) groups excluding carboxylic acids is 1. The minimum Gasteiger partial charge on any atom is -0.439 e. The topological polar surface area (TPSA) is 108 Å². The molecule has 4 heterocycles. The van der Waals surface area contributed by atoms with Gasteiger partial charge in [-0.25, -0.2) is 27.0 Å². The number of likely N-dealkylation sites (tertiary alicyclic amines) is 1. The van der Waals surface area contributed by atoms with E-state index in [0.717, 1.165) is 24.3 Å². The van der Waals surface area contributed by atoms with Crippen molar-refractivity contribution in [3.63, 3.8) is 0 Å². The molecule has 0 atom stereocenters. The Labute approximate surface area is 279 Å². The second-order valence-corrected chi connectivity index (χ2v) is 14.1. The van der Waals surface area contributed by atoms with Crippen LogP contribution in [-0.2, 0) is 16.6 Å². The number of ether oxygens (including phenoxy) is 1. The van der Waals surface area contributed by atoms with Gasteiger partial charge in [0.25, 0.3) is 0 Å². The molecule has 0 spiro atoms. The molecule has 0 saturated carbocycles. The molecule has 0 radical (unpaired) electrons. The van der Waals surface area contributed by atoms with Crippen LogP contribution in [0.15, 0.2) is 90.1 Å². The van der Waals surface area contributed by atoms with E-state index in [1.54, 1.807) is 53.7 Å². The minimum absolute atomic E-state index is 0.126. The van der Waals surface area contributed by atoms with Crippen LogP contribution < -0.4 is 15.0 Å². The number of urea groups is 1. The van der Waals surface area contributed by atoms with E-state index in [-0.39, 0.29) is 42.9 Å². The van der Waals surface area contributed by atoms with Gasteiger partial charge in [-0.1, -0.05) is 12.1 Å². The van der Waals surface area contributed by atoms with Gasteiger partial charge in [-0.15, -0.1) is 0 Å². The van der Waals surface area contributed by atoms with Crippen molar-refractivity contribution in [2.75, 3.05) is 36.4 Å². The number of anilines is 2. The number of aryl methyl sites for hydroxylation is 1. The van der Waals surface area contributed by atoms with E-state index in [9.17, 15) is 22.0 Å². The molecule has 2 fully saturated rings. The van der Waals surface area contributed by atoms with Crippen LogP contribution in [0.4, 0.5) is 25.0 Å². The first kappa shape index (κ1) is 33.4. The zero-order valence-electron chi connectivity index (χ0n) is 26.6. The summed E-state index contributed by atoms with van der Waals surface area (Å²) in [4.78, 5) is 26.2. The molecule has 10 nitrogen and oxygen atoms in total. The third-order valence-electron chi connectivity index (χ3n) is 8.66. The lowest BCUT2D eigenvalue weighted by Gasteiger charge is -2.38. The van der Waals surface area contributed by atoms with Crippen molar-refractivity contribution in [3.05, 3.63) is 102 Å². The van der Waals surface area contributed by atoms with Crippen molar-refractivity contribution in [1.82, 2.24) is 19.2 Å². The van der Waals surface area contributed by atoms with Crippen LogP contribution in [0.5, 0.6) is 11.6 Å². The Morgan fingerprint density at radius 1 is 0.938 bits per heavy atom. The van der Waals surface area contributed by atoms with Gasteiger partial charge in [-0.05, 0) is 92.8 Å². The second-order valence-electron chi connectivity index (χ2n) is 12.1. The quantitative estimate of drug-likeness (QED) is 0.215. The van der Waals surface area contributed by atoms with E-state index in [1.807, 2.05) is 19.1 Å². The summed E-state index contributed by atoms with van der Waals surface area (Å²) in [6, 6.07) is 19.1. The maximum Gasteiger partial charge on any atom is 0.326 e. The molecule has 48 heavy (non-hydrogen) atoms. The molecular formula is C35H38F2N6O4S. The predicted octanol–water partition coefficient (Wildman–Crippen LogP) is 6.54. The predicted molar refractivity (Wildman–Crippen MR) is 179 cm³/mol. The van der Waals surface area contributed by atoms with Gasteiger partial charge < -0.3 is 10.1 Å². The number of piperidine rings is 2. The number of halogens is 2. The lowest BCUT2D eigenvalue weighted by molar-refractivity contribution is 0.199. The molecule has 13 heteroatoms. The van der Waals surface area contributed by atoms with Gasteiger partial charge in [0.15, 0.2) is 0 Å². The fraction of sp³-hybridized carbons (Fsp3) is 0.343. The lowest BCUT2D eigenvalue weighted by atomic mass is 10.0. The number of hydrogen-bond acceptors (Lipinski definition) is 7. The fourth-order valence-electron chi connectivity index (χ4n) is 6.02. The van der Waals surface area contributed by atoms with Crippen molar-refractivity contribution < 1.29 is 26.7 Å². The second kappa shape index (κ2) is 14.8. The van der Waals surface area contributed by atoms with E-state index >= 15 is 0 Å². The molecule has 6 rings (SSSR count). The maximum absolute atomic E-state index is 14.2. The number of amides is 2. The Morgan fingerprint density at radius 2 is 1.69 bits per heavy atom. The van der Waals surface area contributed by atoms with Gasteiger partial charge in [0.05, 0.1) is 16.8 Å². The van der Waals surface area contributed by atoms with Crippen LogP contribution in [0.1, 0.15) is 36.9 Å². The van der Waals surface area contributed by atoms with Crippen LogP contribution in [0.3, 0.4) is 0 Å². The molecule has 2 aliphatic heterocycles. The van der Waals surface area contributed by atoms with Gasteiger partial charge >= 0.3 is 6.03 Å². The third kappa shape index (κ3) is 8.15. The SMILES string of the molecule is Cc1ccc(NC(=O)N(c2cccc(F)c2)C2CCN(Cc3ccc(Oc4ccc(S(=O)(=O)N5CCC(F)CC5)cc4)nc3)CC2)cn1. The zero-order valence-corrected chi connectivity index (χ0v) is 27.5. The van der Waals surface area contributed by atoms with Gasteiger partial charge in [-0.2, -0.15) is 4.31 Å². The number of nitrogens with zero attached hydrogens (tertiary/aromatic N) is 5. The average molecular weight is 677 g/mol. The summed E-state index contributed by atoms with van der Waals surface area (Å²) in [7, 11) is -3.69. The standard InChI is InChI=1S/C35H38F2N6O4S/c1-25-5-7-29(23-38-25)40-35(44)43(31-4-2-3-28(37)21-31)30-15-17-41(18-16-30)24-26-6-12-34(39-22-26)47-32-8-10-33(11-9-32)48(45,46)42-19-13-27(36)14-20-42/h2-12,21-23,27,30H,13-20,24H2,1H3,(H,40,44). The monoisotopic (exact) mass is 676 g/mol. The summed E-state index contributed by atoms with van der Waals surface area (Å²) >= 11 is 0. The number of carbonyl (C=O) groups is 1. The number of rotatable bonds is 9.